The van der Waals surface area contributed by atoms with Crippen molar-refractivity contribution in [2.24, 2.45) is 10.9 Å². The molecule has 2 aliphatic heterocycles. The predicted molar refractivity (Wildman–Crippen MR) is 126 cm³/mol. The van der Waals surface area contributed by atoms with Crippen LogP contribution in [0.4, 0.5) is 5.69 Å². The van der Waals surface area contributed by atoms with Crippen LogP contribution in [0.1, 0.15) is 23.1 Å². The number of benzene rings is 2. The van der Waals surface area contributed by atoms with Crippen LogP contribution in [-0.2, 0) is 22.5 Å². The molecular weight excluding hydrogens is 404 g/mol. The molecule has 2 aromatic rings. The van der Waals surface area contributed by atoms with Gasteiger partial charge in [0.2, 0.25) is 5.91 Å². The summed E-state index contributed by atoms with van der Waals surface area (Å²) in [6, 6.07) is 14.3. The Hall–Kier alpha value is -3.06. The van der Waals surface area contributed by atoms with E-state index in [0.29, 0.717) is 25.0 Å². The van der Waals surface area contributed by atoms with Crippen molar-refractivity contribution in [1.29, 1.82) is 0 Å². The first-order valence-electron chi connectivity index (χ1n) is 11.3. The van der Waals surface area contributed by atoms with E-state index in [-0.39, 0.29) is 12.5 Å². The van der Waals surface area contributed by atoms with Gasteiger partial charge in [0.25, 0.3) is 0 Å². The molecule has 1 atom stereocenters. The van der Waals surface area contributed by atoms with E-state index in [2.05, 4.69) is 46.8 Å². The molecule has 4 rings (SSSR count). The zero-order chi connectivity index (χ0) is 22.3. The van der Waals surface area contributed by atoms with Crippen LogP contribution in [0.15, 0.2) is 47.5 Å². The Labute approximate surface area is 189 Å². The summed E-state index contributed by atoms with van der Waals surface area (Å²) in [6.45, 7) is 5.78. The quantitative estimate of drug-likeness (QED) is 0.516. The van der Waals surface area contributed by atoms with Crippen molar-refractivity contribution in [3.05, 3.63) is 59.2 Å². The first kappa shape index (κ1) is 22.1. The Bertz CT molecular complexity index is 969. The van der Waals surface area contributed by atoms with E-state index in [0.717, 1.165) is 55.2 Å². The van der Waals surface area contributed by atoms with Gasteiger partial charge in [-0.25, -0.2) is 0 Å². The molecule has 2 aliphatic rings. The van der Waals surface area contributed by atoms with Gasteiger partial charge >= 0.3 is 0 Å². The van der Waals surface area contributed by atoms with E-state index < -0.39 is 0 Å². The molecule has 0 saturated carbocycles. The molecule has 1 amide bonds. The van der Waals surface area contributed by atoms with Crippen LogP contribution in [0.2, 0.25) is 0 Å². The number of guanidine groups is 1. The third kappa shape index (κ3) is 5.40. The van der Waals surface area contributed by atoms with Gasteiger partial charge in [0.1, 0.15) is 5.75 Å². The Balaban J connectivity index is 1.30. The first-order valence-corrected chi connectivity index (χ1v) is 11.3. The van der Waals surface area contributed by atoms with Gasteiger partial charge in [-0.05, 0) is 43.0 Å². The summed E-state index contributed by atoms with van der Waals surface area (Å²) in [5.74, 6) is 1.95. The number of nitrogens with one attached hydrogen (secondary N) is 2. The predicted octanol–water partition coefficient (Wildman–Crippen LogP) is 2.66. The van der Waals surface area contributed by atoms with Crippen molar-refractivity contribution in [3.8, 4) is 5.75 Å². The molecule has 7 nitrogen and oxygen atoms in total. The van der Waals surface area contributed by atoms with Gasteiger partial charge in [-0.1, -0.05) is 30.3 Å². The summed E-state index contributed by atoms with van der Waals surface area (Å²) < 4.78 is 11.6. The number of hydrogen-bond donors (Lipinski definition) is 2. The third-order valence-electron chi connectivity index (χ3n) is 5.99. The smallest absolute Gasteiger partial charge is 0.246 e. The lowest BCUT2D eigenvalue weighted by Crippen LogP contribution is -2.44. The number of aliphatic imine (C=N–C) groups is 1. The fraction of sp³-hybridized carbons (Fsp3) is 0.440. The topological polar surface area (TPSA) is 75.2 Å². The van der Waals surface area contributed by atoms with E-state index >= 15 is 0 Å². The number of carbonyl (C=O) groups excluding carboxylic acids is 1. The van der Waals surface area contributed by atoms with Crippen molar-refractivity contribution in [3.63, 3.8) is 0 Å². The maximum Gasteiger partial charge on any atom is 0.246 e. The van der Waals surface area contributed by atoms with Crippen LogP contribution in [0, 0.1) is 12.8 Å². The van der Waals surface area contributed by atoms with E-state index in [9.17, 15) is 4.79 Å². The van der Waals surface area contributed by atoms with Crippen LogP contribution in [0.3, 0.4) is 0 Å². The number of rotatable bonds is 7. The van der Waals surface area contributed by atoms with Crippen LogP contribution in [0.5, 0.6) is 5.75 Å². The van der Waals surface area contributed by atoms with Crippen molar-refractivity contribution in [2.75, 3.05) is 44.9 Å². The number of aryl methyl sites for hydroxylation is 1. The molecule has 7 heteroatoms. The minimum atomic E-state index is 0.0380. The second-order valence-corrected chi connectivity index (χ2v) is 8.36. The molecule has 0 spiro atoms. The SMILES string of the molecule is CN=C(NCC(=O)N1CCc2ccccc21)NCc1ccc(C)cc1OCC1CCOC1. The molecule has 170 valence electrons. The van der Waals surface area contributed by atoms with Crippen molar-refractivity contribution in [1.82, 2.24) is 10.6 Å². The van der Waals surface area contributed by atoms with Gasteiger partial charge in [0.15, 0.2) is 5.96 Å². The lowest BCUT2D eigenvalue weighted by atomic mass is 10.1. The molecule has 2 heterocycles. The van der Waals surface area contributed by atoms with Gasteiger partial charge in [-0.3, -0.25) is 9.79 Å². The molecule has 0 radical (unpaired) electrons. The highest BCUT2D eigenvalue weighted by Gasteiger charge is 2.24. The Morgan fingerprint density at radius 2 is 2.12 bits per heavy atom. The zero-order valence-electron chi connectivity index (χ0n) is 18.9. The van der Waals surface area contributed by atoms with Gasteiger partial charge < -0.3 is 25.0 Å². The monoisotopic (exact) mass is 436 g/mol. The third-order valence-corrected chi connectivity index (χ3v) is 5.99. The van der Waals surface area contributed by atoms with E-state index in [4.69, 9.17) is 9.47 Å². The normalized spacial score (nSPS) is 17.9. The van der Waals surface area contributed by atoms with E-state index in [1.165, 1.54) is 5.56 Å². The number of carbonyl (C=O) groups is 1. The fourth-order valence-electron chi connectivity index (χ4n) is 4.12. The van der Waals surface area contributed by atoms with Crippen LogP contribution >= 0.6 is 0 Å². The number of ether oxygens (including phenoxy) is 2. The fourth-order valence-corrected chi connectivity index (χ4v) is 4.12. The maximum atomic E-state index is 12.8. The van der Waals surface area contributed by atoms with Crippen molar-refractivity contribution in [2.45, 2.75) is 26.3 Å². The second-order valence-electron chi connectivity index (χ2n) is 8.36. The highest BCUT2D eigenvalue weighted by molar-refractivity contribution is 5.98. The number of fused-ring (bicyclic) bond motifs is 1. The summed E-state index contributed by atoms with van der Waals surface area (Å²) in [5.41, 5.74) is 4.44. The average Bonchev–Trinajstić information content (AvgIpc) is 3.48. The van der Waals surface area contributed by atoms with Gasteiger partial charge in [-0.2, -0.15) is 0 Å². The zero-order valence-corrected chi connectivity index (χ0v) is 18.9. The highest BCUT2D eigenvalue weighted by Crippen LogP contribution is 2.27. The van der Waals surface area contributed by atoms with Crippen LogP contribution in [-0.4, -0.2) is 51.8 Å². The summed E-state index contributed by atoms with van der Waals surface area (Å²) in [7, 11) is 1.71. The second kappa shape index (κ2) is 10.5. The summed E-state index contributed by atoms with van der Waals surface area (Å²) >= 11 is 0. The van der Waals surface area contributed by atoms with Crippen LogP contribution in [0.25, 0.3) is 0 Å². The summed E-state index contributed by atoms with van der Waals surface area (Å²) in [6.07, 6.45) is 1.95. The molecule has 0 aliphatic carbocycles. The minimum Gasteiger partial charge on any atom is -0.493 e. The molecular formula is C25H32N4O3. The van der Waals surface area contributed by atoms with Gasteiger partial charge in [0, 0.05) is 43.9 Å². The molecule has 2 aromatic carbocycles. The molecule has 32 heavy (non-hydrogen) atoms. The maximum absolute atomic E-state index is 12.8. The number of nitrogens with zero attached hydrogens (tertiary/aromatic N) is 2. The number of para-hydroxylation sites is 1. The molecule has 1 unspecified atom stereocenters. The lowest BCUT2D eigenvalue weighted by molar-refractivity contribution is -0.117. The summed E-state index contributed by atoms with van der Waals surface area (Å²) in [5, 5.41) is 6.45. The Morgan fingerprint density at radius 3 is 2.94 bits per heavy atom. The van der Waals surface area contributed by atoms with E-state index in [1.807, 2.05) is 23.1 Å². The number of anilines is 1. The number of amides is 1. The van der Waals surface area contributed by atoms with Crippen molar-refractivity contribution >= 4 is 17.6 Å². The molecule has 1 fully saturated rings. The lowest BCUT2D eigenvalue weighted by Gasteiger charge is -2.19. The first-order chi connectivity index (χ1) is 15.6. The van der Waals surface area contributed by atoms with Gasteiger partial charge in [-0.15, -0.1) is 0 Å². The minimum absolute atomic E-state index is 0.0380. The largest absolute Gasteiger partial charge is 0.493 e. The Kier molecular flexibility index (Phi) is 7.27. The van der Waals surface area contributed by atoms with Crippen LogP contribution < -0.4 is 20.3 Å². The number of hydrogen-bond acceptors (Lipinski definition) is 4. The Morgan fingerprint density at radius 1 is 1.25 bits per heavy atom. The highest BCUT2D eigenvalue weighted by atomic mass is 16.5. The molecule has 2 N–H and O–H groups in total. The molecule has 0 aromatic heterocycles. The molecule has 1 saturated heterocycles. The average molecular weight is 437 g/mol. The van der Waals surface area contributed by atoms with Gasteiger partial charge in [0.05, 0.1) is 19.8 Å². The molecule has 0 bridgehead atoms. The summed E-state index contributed by atoms with van der Waals surface area (Å²) in [4.78, 5) is 18.9. The van der Waals surface area contributed by atoms with E-state index in [1.54, 1.807) is 7.05 Å². The van der Waals surface area contributed by atoms with Crippen molar-refractivity contribution < 1.29 is 14.3 Å². The standard InChI is InChI=1S/C25H32N4O3/c1-18-7-8-21(23(13-18)32-17-19-10-12-31-16-19)14-27-25(26-2)28-15-24(30)29-11-9-20-5-3-4-6-22(20)29/h3-8,13,19H,9-12,14-17H2,1-2H3,(H2,26,27,28).